The van der Waals surface area contributed by atoms with Crippen molar-refractivity contribution in [3.05, 3.63) is 45.2 Å². The third-order valence-corrected chi connectivity index (χ3v) is 3.63. The third kappa shape index (κ3) is 1.72. The second kappa shape index (κ2) is 4.11. The molecule has 1 heterocycles. The van der Waals surface area contributed by atoms with Crippen LogP contribution in [0.5, 0.6) is 0 Å². The molecule has 0 radical (unpaired) electrons. The van der Waals surface area contributed by atoms with Crippen molar-refractivity contribution in [3.63, 3.8) is 0 Å². The molecule has 4 heteroatoms. The molecule has 0 spiro atoms. The molecule has 0 amide bonds. The smallest absolute Gasteiger partial charge is 0.0848 e. The summed E-state index contributed by atoms with van der Waals surface area (Å²) in [5.41, 5.74) is 3.74. The van der Waals surface area contributed by atoms with Crippen LogP contribution in [0.3, 0.4) is 0 Å². The fourth-order valence-corrected chi connectivity index (χ4v) is 1.97. The average Bonchev–Trinajstić information content (AvgIpc) is 2.50. The summed E-state index contributed by atoms with van der Waals surface area (Å²) >= 11 is 12.2. The Kier molecular flexibility index (Phi) is 2.96. The summed E-state index contributed by atoms with van der Waals surface area (Å²) in [5.74, 6) is 0. The summed E-state index contributed by atoms with van der Waals surface area (Å²) in [6.45, 7) is 5.82. The first-order valence-electron chi connectivity index (χ1n) is 4.99. The predicted octanol–water partition coefficient (Wildman–Crippen LogP) is 4.10. The predicted molar refractivity (Wildman–Crippen MR) is 67.8 cm³/mol. The van der Waals surface area contributed by atoms with E-state index in [1.165, 1.54) is 0 Å². The van der Waals surface area contributed by atoms with Gasteiger partial charge in [-0.05, 0) is 38.5 Å². The SMILES string of the molecule is Cc1nn(-c2cccc(Cl)c2C)c(C)c1Cl. The van der Waals surface area contributed by atoms with Crippen LogP contribution in [0.2, 0.25) is 10.0 Å². The number of aromatic nitrogens is 2. The van der Waals surface area contributed by atoms with Crippen molar-refractivity contribution >= 4 is 23.2 Å². The van der Waals surface area contributed by atoms with Crippen LogP contribution in [0.15, 0.2) is 18.2 Å². The largest absolute Gasteiger partial charge is 0.236 e. The molecule has 2 aromatic rings. The maximum atomic E-state index is 6.12. The van der Waals surface area contributed by atoms with E-state index in [4.69, 9.17) is 23.2 Å². The Bertz CT molecular complexity index is 544. The lowest BCUT2D eigenvalue weighted by Crippen LogP contribution is -2.01. The molecule has 0 aliphatic carbocycles. The second-order valence-corrected chi connectivity index (χ2v) is 4.57. The van der Waals surface area contributed by atoms with Crippen LogP contribution in [0.4, 0.5) is 0 Å². The fourth-order valence-electron chi connectivity index (χ4n) is 1.68. The van der Waals surface area contributed by atoms with Gasteiger partial charge in [-0.15, -0.1) is 0 Å². The molecule has 0 fully saturated rings. The van der Waals surface area contributed by atoms with Crippen molar-refractivity contribution < 1.29 is 0 Å². The average molecular weight is 255 g/mol. The summed E-state index contributed by atoms with van der Waals surface area (Å²) in [7, 11) is 0. The van der Waals surface area contributed by atoms with E-state index in [1.54, 1.807) is 0 Å². The van der Waals surface area contributed by atoms with Crippen LogP contribution in [-0.2, 0) is 0 Å². The first-order valence-corrected chi connectivity index (χ1v) is 5.75. The van der Waals surface area contributed by atoms with Crippen LogP contribution in [0.25, 0.3) is 5.69 Å². The minimum Gasteiger partial charge on any atom is -0.236 e. The Balaban J connectivity index is 2.68. The second-order valence-electron chi connectivity index (χ2n) is 3.78. The van der Waals surface area contributed by atoms with E-state index in [1.807, 2.05) is 43.7 Å². The van der Waals surface area contributed by atoms with E-state index >= 15 is 0 Å². The molecule has 0 saturated heterocycles. The fraction of sp³-hybridized carbons (Fsp3) is 0.250. The van der Waals surface area contributed by atoms with E-state index in [2.05, 4.69) is 5.10 Å². The van der Waals surface area contributed by atoms with Crippen molar-refractivity contribution in [2.24, 2.45) is 0 Å². The molecule has 0 aliphatic rings. The number of nitrogens with zero attached hydrogens (tertiary/aromatic N) is 2. The summed E-state index contributed by atoms with van der Waals surface area (Å²) in [6.07, 6.45) is 0. The number of rotatable bonds is 1. The summed E-state index contributed by atoms with van der Waals surface area (Å²) < 4.78 is 1.83. The monoisotopic (exact) mass is 254 g/mol. The first-order chi connectivity index (χ1) is 7.52. The highest BCUT2D eigenvalue weighted by Crippen LogP contribution is 2.26. The molecule has 0 N–H and O–H groups in total. The summed E-state index contributed by atoms with van der Waals surface area (Å²) in [4.78, 5) is 0. The van der Waals surface area contributed by atoms with Crippen LogP contribution in [0, 0.1) is 20.8 Å². The van der Waals surface area contributed by atoms with Crippen molar-refractivity contribution in [3.8, 4) is 5.69 Å². The summed E-state index contributed by atoms with van der Waals surface area (Å²) in [5, 5.41) is 5.85. The molecule has 0 bridgehead atoms. The number of hydrogen-bond acceptors (Lipinski definition) is 1. The first kappa shape index (κ1) is 11.5. The third-order valence-electron chi connectivity index (χ3n) is 2.67. The molecule has 2 rings (SSSR count). The lowest BCUT2D eigenvalue weighted by atomic mass is 10.2. The zero-order valence-corrected chi connectivity index (χ0v) is 10.9. The van der Waals surface area contributed by atoms with Crippen molar-refractivity contribution in [1.82, 2.24) is 9.78 Å². The molecule has 1 aromatic carbocycles. The molecule has 2 nitrogen and oxygen atoms in total. The van der Waals surface area contributed by atoms with Crippen LogP contribution in [-0.4, -0.2) is 9.78 Å². The number of aryl methyl sites for hydroxylation is 1. The molecule has 16 heavy (non-hydrogen) atoms. The van der Waals surface area contributed by atoms with Gasteiger partial charge in [-0.1, -0.05) is 29.3 Å². The zero-order valence-electron chi connectivity index (χ0n) is 9.38. The van der Waals surface area contributed by atoms with E-state index in [-0.39, 0.29) is 0 Å². The lowest BCUT2D eigenvalue weighted by molar-refractivity contribution is 0.827. The van der Waals surface area contributed by atoms with Crippen molar-refractivity contribution in [1.29, 1.82) is 0 Å². The maximum Gasteiger partial charge on any atom is 0.0848 e. The minimum atomic E-state index is 0.708. The van der Waals surface area contributed by atoms with E-state index in [0.717, 1.165) is 27.7 Å². The zero-order chi connectivity index (χ0) is 11.9. The maximum absolute atomic E-state index is 6.12. The van der Waals surface area contributed by atoms with Gasteiger partial charge in [0.1, 0.15) is 0 Å². The van der Waals surface area contributed by atoms with Crippen molar-refractivity contribution in [2.45, 2.75) is 20.8 Å². The van der Waals surface area contributed by atoms with Crippen LogP contribution < -0.4 is 0 Å². The molecule has 1 aromatic heterocycles. The Morgan fingerprint density at radius 1 is 1.12 bits per heavy atom. The quantitative estimate of drug-likeness (QED) is 0.749. The van der Waals surface area contributed by atoms with Gasteiger partial charge in [-0.3, -0.25) is 0 Å². The van der Waals surface area contributed by atoms with E-state index < -0.39 is 0 Å². The summed E-state index contributed by atoms with van der Waals surface area (Å²) in [6, 6.07) is 5.76. The molecule has 84 valence electrons. The van der Waals surface area contributed by atoms with Gasteiger partial charge in [0.25, 0.3) is 0 Å². The molecule has 0 atom stereocenters. The highest BCUT2D eigenvalue weighted by molar-refractivity contribution is 6.32. The topological polar surface area (TPSA) is 17.8 Å². The van der Waals surface area contributed by atoms with Gasteiger partial charge in [0.15, 0.2) is 0 Å². The Morgan fingerprint density at radius 2 is 1.81 bits per heavy atom. The number of benzene rings is 1. The van der Waals surface area contributed by atoms with Gasteiger partial charge in [0.05, 0.1) is 22.1 Å². The van der Waals surface area contributed by atoms with Gasteiger partial charge < -0.3 is 0 Å². The highest BCUT2D eigenvalue weighted by atomic mass is 35.5. The standard InChI is InChI=1S/C12H12Cl2N2/c1-7-10(13)5-4-6-11(7)16-9(3)12(14)8(2)15-16/h4-6H,1-3H3. The van der Waals surface area contributed by atoms with Gasteiger partial charge in [-0.2, -0.15) is 5.10 Å². The van der Waals surface area contributed by atoms with Crippen LogP contribution >= 0.6 is 23.2 Å². The van der Waals surface area contributed by atoms with Gasteiger partial charge in [0, 0.05) is 5.02 Å². The molecular formula is C12H12Cl2N2. The number of halogens is 2. The van der Waals surface area contributed by atoms with E-state index in [9.17, 15) is 0 Å². The highest BCUT2D eigenvalue weighted by Gasteiger charge is 2.12. The minimum absolute atomic E-state index is 0.708. The Hall–Kier alpha value is -0.990. The molecule has 0 aliphatic heterocycles. The van der Waals surface area contributed by atoms with Crippen LogP contribution in [0.1, 0.15) is 17.0 Å². The Labute approximate surface area is 105 Å². The van der Waals surface area contributed by atoms with Gasteiger partial charge >= 0.3 is 0 Å². The molecular weight excluding hydrogens is 243 g/mol. The normalized spacial score (nSPS) is 10.8. The van der Waals surface area contributed by atoms with Gasteiger partial charge in [-0.25, -0.2) is 4.68 Å². The number of hydrogen-bond donors (Lipinski definition) is 0. The van der Waals surface area contributed by atoms with E-state index in [0.29, 0.717) is 5.02 Å². The van der Waals surface area contributed by atoms with Crippen molar-refractivity contribution in [2.75, 3.05) is 0 Å². The van der Waals surface area contributed by atoms with Gasteiger partial charge in [0.2, 0.25) is 0 Å². The molecule has 0 saturated carbocycles. The Morgan fingerprint density at radius 3 is 2.38 bits per heavy atom. The molecule has 0 unspecified atom stereocenters. The lowest BCUT2D eigenvalue weighted by Gasteiger charge is -2.09.